The highest BCUT2D eigenvalue weighted by Crippen LogP contribution is 2.15. The first-order valence-electron chi connectivity index (χ1n) is 4.08. The third-order valence-electron chi connectivity index (χ3n) is 1.99. The van der Waals surface area contributed by atoms with E-state index in [2.05, 4.69) is 4.42 Å². The number of hydrogen-bond acceptors (Lipinski definition) is 5. The van der Waals surface area contributed by atoms with Crippen molar-refractivity contribution in [3.8, 4) is 0 Å². The van der Waals surface area contributed by atoms with E-state index < -0.39 is 17.4 Å². The van der Waals surface area contributed by atoms with Crippen molar-refractivity contribution >= 4 is 18.1 Å². The third-order valence-corrected chi connectivity index (χ3v) is 1.99. The molecule has 0 saturated heterocycles. The van der Waals surface area contributed by atoms with E-state index in [1.54, 1.807) is 0 Å². The second-order valence-corrected chi connectivity index (χ2v) is 2.99. The summed E-state index contributed by atoms with van der Waals surface area (Å²) in [6.45, 7) is 0. The summed E-state index contributed by atoms with van der Waals surface area (Å²) >= 11 is 0. The summed E-state index contributed by atoms with van der Waals surface area (Å²) < 4.78 is 4.69. The van der Waals surface area contributed by atoms with E-state index in [0.29, 0.717) is 6.29 Å². The van der Waals surface area contributed by atoms with Crippen molar-refractivity contribution in [1.29, 1.82) is 0 Å². The van der Waals surface area contributed by atoms with Gasteiger partial charge in [-0.05, 0) is 0 Å². The van der Waals surface area contributed by atoms with Gasteiger partial charge in [0.15, 0.2) is 6.29 Å². The van der Waals surface area contributed by atoms with E-state index in [1.165, 1.54) is 0 Å². The van der Waals surface area contributed by atoms with Crippen LogP contribution in [0.1, 0.15) is 26.5 Å². The number of aldehydes is 1. The zero-order valence-corrected chi connectivity index (χ0v) is 7.40. The number of hydrogen-bond donors (Lipinski definition) is 1. The van der Waals surface area contributed by atoms with Crippen LogP contribution in [0.25, 0.3) is 0 Å². The molecule has 0 atom stereocenters. The van der Waals surface area contributed by atoms with Gasteiger partial charge in [0.1, 0.15) is 5.76 Å². The molecule has 0 fully saturated rings. The number of carbonyl (C=O) groups excluding carboxylic acids is 3. The average molecular weight is 207 g/mol. The van der Waals surface area contributed by atoms with E-state index in [9.17, 15) is 19.2 Å². The van der Waals surface area contributed by atoms with Crippen molar-refractivity contribution in [3.05, 3.63) is 33.4 Å². The summed E-state index contributed by atoms with van der Waals surface area (Å²) in [7, 11) is 0. The van der Waals surface area contributed by atoms with Gasteiger partial charge < -0.3 is 4.42 Å². The van der Waals surface area contributed by atoms with Gasteiger partial charge in [-0.3, -0.25) is 19.7 Å². The quantitative estimate of drug-likeness (QED) is 0.483. The summed E-state index contributed by atoms with van der Waals surface area (Å²) in [5.41, 5.74) is -0.853. The number of fused-ring (bicyclic) bond motifs is 1. The van der Waals surface area contributed by atoms with Crippen LogP contribution in [-0.4, -0.2) is 18.1 Å². The van der Waals surface area contributed by atoms with Crippen LogP contribution >= 0.6 is 0 Å². The van der Waals surface area contributed by atoms with Crippen molar-refractivity contribution in [3.63, 3.8) is 0 Å². The summed E-state index contributed by atoms with van der Waals surface area (Å²) in [6.07, 6.45) is 0.170. The van der Waals surface area contributed by atoms with E-state index in [0.717, 1.165) is 6.07 Å². The highest BCUT2D eigenvalue weighted by Gasteiger charge is 2.27. The predicted octanol–water partition coefficient (Wildman–Crippen LogP) is -0.735. The lowest BCUT2D eigenvalue weighted by atomic mass is 10.0. The van der Waals surface area contributed by atoms with E-state index in [4.69, 9.17) is 0 Å². The Morgan fingerprint density at radius 2 is 2.07 bits per heavy atom. The van der Waals surface area contributed by atoms with Crippen LogP contribution in [0.4, 0.5) is 0 Å². The summed E-state index contributed by atoms with van der Waals surface area (Å²) in [5, 5.41) is 2.03. The first kappa shape index (κ1) is 9.32. The molecule has 15 heavy (non-hydrogen) atoms. The molecule has 0 aliphatic carbocycles. The van der Waals surface area contributed by atoms with Crippen molar-refractivity contribution in [2.75, 3.05) is 0 Å². The van der Waals surface area contributed by atoms with Gasteiger partial charge in [-0.15, -0.1) is 0 Å². The molecule has 2 heterocycles. The van der Waals surface area contributed by atoms with Crippen LogP contribution < -0.4 is 10.9 Å². The normalized spacial score (nSPS) is 14.4. The lowest BCUT2D eigenvalue weighted by molar-refractivity contribution is -0.120. The molecule has 6 nitrogen and oxygen atoms in total. The van der Waals surface area contributed by atoms with Gasteiger partial charge in [0.05, 0.1) is 12.0 Å². The Morgan fingerprint density at radius 1 is 1.33 bits per heavy atom. The topological polar surface area (TPSA) is 93.4 Å². The summed E-state index contributed by atoms with van der Waals surface area (Å²) in [6, 6.07) is 0.918. The molecule has 1 aromatic rings. The van der Waals surface area contributed by atoms with Gasteiger partial charge >= 0.3 is 5.63 Å². The molecule has 1 N–H and O–H groups in total. The van der Waals surface area contributed by atoms with Gasteiger partial charge in [-0.2, -0.15) is 0 Å². The van der Waals surface area contributed by atoms with Gasteiger partial charge in [-0.25, -0.2) is 4.79 Å². The predicted molar refractivity (Wildman–Crippen MR) is 46.5 cm³/mol. The highest BCUT2D eigenvalue weighted by atomic mass is 16.4. The Kier molecular flexibility index (Phi) is 1.96. The second kappa shape index (κ2) is 3.16. The molecule has 76 valence electrons. The van der Waals surface area contributed by atoms with Crippen LogP contribution in [0.3, 0.4) is 0 Å². The van der Waals surface area contributed by atoms with Crippen LogP contribution in [0, 0.1) is 0 Å². The van der Waals surface area contributed by atoms with Gasteiger partial charge in [-0.1, -0.05) is 0 Å². The molecule has 0 aromatic carbocycles. The average Bonchev–Trinajstić information content (AvgIpc) is 2.14. The first-order valence-corrected chi connectivity index (χ1v) is 4.08. The van der Waals surface area contributed by atoms with Crippen molar-refractivity contribution in [2.45, 2.75) is 6.42 Å². The Morgan fingerprint density at radius 3 is 2.73 bits per heavy atom. The fraction of sp³-hybridized carbons (Fsp3) is 0.111. The minimum absolute atomic E-state index is 0.0378. The molecule has 0 spiro atoms. The van der Waals surface area contributed by atoms with Crippen molar-refractivity contribution in [1.82, 2.24) is 5.32 Å². The maximum Gasteiger partial charge on any atom is 0.336 e. The monoisotopic (exact) mass is 207 g/mol. The highest BCUT2D eigenvalue weighted by molar-refractivity contribution is 6.12. The first-order chi connectivity index (χ1) is 7.11. The maximum absolute atomic E-state index is 11.3. The molecule has 2 amide bonds. The zero-order valence-electron chi connectivity index (χ0n) is 7.40. The van der Waals surface area contributed by atoms with Gasteiger partial charge in [0.2, 0.25) is 5.91 Å². The van der Waals surface area contributed by atoms with Crippen molar-refractivity contribution in [2.24, 2.45) is 0 Å². The molecule has 0 radical (unpaired) electrons. The molecule has 1 aliphatic rings. The van der Waals surface area contributed by atoms with Crippen LogP contribution in [-0.2, 0) is 11.2 Å². The molecular weight excluding hydrogens is 202 g/mol. The van der Waals surface area contributed by atoms with Gasteiger partial charge in [0.25, 0.3) is 5.91 Å². The second-order valence-electron chi connectivity index (χ2n) is 2.99. The van der Waals surface area contributed by atoms with E-state index >= 15 is 0 Å². The van der Waals surface area contributed by atoms with Crippen LogP contribution in [0.5, 0.6) is 0 Å². The fourth-order valence-corrected chi connectivity index (χ4v) is 1.42. The fourth-order valence-electron chi connectivity index (χ4n) is 1.42. The number of nitrogens with one attached hydrogen (secondary N) is 1. The maximum atomic E-state index is 11.3. The van der Waals surface area contributed by atoms with Crippen LogP contribution in [0.2, 0.25) is 0 Å². The molecule has 2 rings (SSSR count). The Labute approximate surface area is 82.9 Å². The third kappa shape index (κ3) is 1.45. The lowest BCUT2D eigenvalue weighted by Gasteiger charge is -2.14. The molecule has 0 unspecified atom stereocenters. The number of imide groups is 1. The summed E-state index contributed by atoms with van der Waals surface area (Å²) in [4.78, 5) is 43.9. The van der Waals surface area contributed by atoms with Gasteiger partial charge in [0, 0.05) is 11.6 Å². The lowest BCUT2D eigenvalue weighted by Crippen LogP contribution is -2.38. The minimum Gasteiger partial charge on any atom is -0.426 e. The number of carbonyl (C=O) groups is 3. The molecular formula is C9H5NO5. The Bertz CT molecular complexity index is 528. The minimum atomic E-state index is -0.752. The molecule has 0 saturated carbocycles. The number of rotatable bonds is 1. The summed E-state index contributed by atoms with van der Waals surface area (Å²) in [5.74, 6) is -1.33. The van der Waals surface area contributed by atoms with E-state index in [-0.39, 0.29) is 23.3 Å². The smallest absolute Gasteiger partial charge is 0.336 e. The van der Waals surface area contributed by atoms with E-state index in [1.807, 2.05) is 5.32 Å². The van der Waals surface area contributed by atoms with Crippen LogP contribution in [0.15, 0.2) is 15.3 Å². The van der Waals surface area contributed by atoms with Crippen molar-refractivity contribution < 1.29 is 18.8 Å². The molecule has 6 heteroatoms. The molecule has 1 aromatic heterocycles. The largest absolute Gasteiger partial charge is 0.426 e. The standard InChI is InChI=1S/C9H5NO5/c11-3-4-1-7(13)15-5-2-6(12)10-9(14)8(4)5/h1,3H,2H2,(H,10,12,14). The number of amides is 2. The molecule has 0 bridgehead atoms. The Balaban J connectivity index is 2.74. The molecule has 1 aliphatic heterocycles. The Hall–Kier alpha value is -2.24. The zero-order chi connectivity index (χ0) is 11.0. The SMILES string of the molecule is O=Cc1cc(=O)oc2c1C(=O)NC(=O)C2.